The van der Waals surface area contributed by atoms with Gasteiger partial charge in [0.05, 0.1) is 0 Å². The Balaban J connectivity index is 1.52. The van der Waals surface area contributed by atoms with Gasteiger partial charge in [0.2, 0.25) is 0 Å². The lowest BCUT2D eigenvalue weighted by atomic mass is 9.93. The van der Waals surface area contributed by atoms with Crippen molar-refractivity contribution in [2.24, 2.45) is 5.92 Å². The molecule has 1 fully saturated rings. The second-order valence-electron chi connectivity index (χ2n) is 8.17. The van der Waals surface area contributed by atoms with Gasteiger partial charge in [0.15, 0.2) is 5.03 Å². The SMILES string of the molecule is CC1(C)C[C@H](CCCNS(=O)(=O)c2cccc(Nc3ccccc3)n2)CN1C(=O)O. The quantitative estimate of drug-likeness (QED) is 0.549. The van der Waals surface area contributed by atoms with Crippen LogP contribution < -0.4 is 10.0 Å². The van der Waals surface area contributed by atoms with E-state index in [0.29, 0.717) is 18.8 Å². The molecule has 1 saturated heterocycles. The van der Waals surface area contributed by atoms with Crippen LogP contribution in [0.2, 0.25) is 0 Å². The van der Waals surface area contributed by atoms with Crippen LogP contribution in [0.3, 0.4) is 0 Å². The van der Waals surface area contributed by atoms with Crippen LogP contribution in [0.15, 0.2) is 53.6 Å². The molecule has 0 spiro atoms. The van der Waals surface area contributed by atoms with Crippen molar-refractivity contribution in [2.75, 3.05) is 18.4 Å². The molecule has 0 radical (unpaired) electrons. The minimum atomic E-state index is -3.72. The maximum Gasteiger partial charge on any atom is 0.407 e. The molecular formula is C21H28N4O4S. The highest BCUT2D eigenvalue weighted by Gasteiger charge is 2.40. The van der Waals surface area contributed by atoms with Crippen molar-refractivity contribution in [1.29, 1.82) is 0 Å². The van der Waals surface area contributed by atoms with E-state index in [9.17, 15) is 18.3 Å². The molecule has 1 aliphatic heterocycles. The Hall–Kier alpha value is -2.65. The van der Waals surface area contributed by atoms with Crippen molar-refractivity contribution in [3.8, 4) is 0 Å². The highest BCUT2D eigenvalue weighted by molar-refractivity contribution is 7.89. The summed E-state index contributed by atoms with van der Waals surface area (Å²) in [6.07, 6.45) is 1.27. The minimum absolute atomic E-state index is 0.0394. The number of hydrogen-bond donors (Lipinski definition) is 3. The molecule has 162 valence electrons. The van der Waals surface area contributed by atoms with Crippen LogP contribution in [0.4, 0.5) is 16.3 Å². The summed E-state index contributed by atoms with van der Waals surface area (Å²) in [7, 11) is -3.72. The number of amides is 1. The summed E-state index contributed by atoms with van der Waals surface area (Å²) in [6, 6.07) is 14.2. The molecule has 1 aromatic heterocycles. The molecule has 1 aliphatic rings. The Morgan fingerprint density at radius 2 is 1.93 bits per heavy atom. The number of likely N-dealkylation sites (tertiary alicyclic amines) is 1. The number of pyridine rings is 1. The van der Waals surface area contributed by atoms with E-state index in [1.807, 2.05) is 44.2 Å². The Labute approximate surface area is 177 Å². The van der Waals surface area contributed by atoms with E-state index in [4.69, 9.17) is 0 Å². The summed E-state index contributed by atoms with van der Waals surface area (Å²) in [5, 5.41) is 12.4. The van der Waals surface area contributed by atoms with Gasteiger partial charge in [-0.3, -0.25) is 0 Å². The zero-order valence-corrected chi connectivity index (χ0v) is 18.0. The summed E-state index contributed by atoms with van der Waals surface area (Å²) in [5.74, 6) is 0.683. The van der Waals surface area contributed by atoms with E-state index in [1.165, 1.54) is 11.0 Å². The summed E-state index contributed by atoms with van der Waals surface area (Å²) < 4.78 is 27.8. The molecule has 3 N–H and O–H groups in total. The smallest absolute Gasteiger partial charge is 0.407 e. The molecule has 3 rings (SSSR count). The van der Waals surface area contributed by atoms with Crippen LogP contribution in [0.5, 0.6) is 0 Å². The molecule has 1 aromatic carbocycles. The zero-order chi connectivity index (χ0) is 21.8. The maximum atomic E-state index is 12.6. The summed E-state index contributed by atoms with van der Waals surface area (Å²) >= 11 is 0. The van der Waals surface area contributed by atoms with Gasteiger partial charge in [0, 0.05) is 24.3 Å². The molecule has 0 aliphatic carbocycles. The Morgan fingerprint density at radius 1 is 1.20 bits per heavy atom. The molecule has 2 aromatic rings. The third-order valence-corrected chi connectivity index (χ3v) is 6.68. The molecule has 0 bridgehead atoms. The number of benzene rings is 1. The van der Waals surface area contributed by atoms with E-state index in [1.54, 1.807) is 12.1 Å². The average Bonchev–Trinajstić information content (AvgIpc) is 3.01. The van der Waals surface area contributed by atoms with E-state index in [0.717, 1.165) is 18.5 Å². The van der Waals surface area contributed by atoms with Gasteiger partial charge in [0.25, 0.3) is 10.0 Å². The molecule has 1 atom stereocenters. The lowest BCUT2D eigenvalue weighted by Crippen LogP contribution is -2.41. The number of rotatable bonds is 8. The van der Waals surface area contributed by atoms with Gasteiger partial charge < -0.3 is 15.3 Å². The summed E-state index contributed by atoms with van der Waals surface area (Å²) in [5.41, 5.74) is 0.439. The molecule has 0 unspecified atom stereocenters. The predicted octanol–water partition coefficient (Wildman–Crippen LogP) is 3.66. The Kier molecular flexibility index (Phi) is 6.62. The number of carbonyl (C=O) groups is 1. The molecule has 0 saturated carbocycles. The fourth-order valence-corrected chi connectivity index (χ4v) is 4.93. The average molecular weight is 433 g/mol. The van der Waals surface area contributed by atoms with Gasteiger partial charge in [-0.2, -0.15) is 0 Å². The fraction of sp³-hybridized carbons (Fsp3) is 0.429. The fourth-order valence-electron chi connectivity index (χ4n) is 3.89. The molecule has 2 heterocycles. The first kappa shape index (κ1) is 22.0. The number of nitrogens with zero attached hydrogens (tertiary/aromatic N) is 2. The lowest BCUT2D eigenvalue weighted by Gasteiger charge is -2.28. The van der Waals surface area contributed by atoms with E-state index in [-0.39, 0.29) is 23.0 Å². The van der Waals surface area contributed by atoms with Crippen molar-refractivity contribution in [3.05, 3.63) is 48.5 Å². The van der Waals surface area contributed by atoms with Crippen LogP contribution in [-0.2, 0) is 10.0 Å². The van der Waals surface area contributed by atoms with Crippen LogP contribution in [-0.4, -0.2) is 48.1 Å². The topological polar surface area (TPSA) is 112 Å². The van der Waals surface area contributed by atoms with Crippen molar-refractivity contribution in [2.45, 2.75) is 43.7 Å². The number of sulfonamides is 1. The van der Waals surface area contributed by atoms with Crippen LogP contribution in [0.25, 0.3) is 0 Å². The van der Waals surface area contributed by atoms with Gasteiger partial charge in [-0.1, -0.05) is 24.3 Å². The zero-order valence-electron chi connectivity index (χ0n) is 17.2. The molecular weight excluding hydrogens is 404 g/mol. The second-order valence-corrected chi connectivity index (χ2v) is 9.88. The van der Waals surface area contributed by atoms with Crippen LogP contribution in [0.1, 0.15) is 33.1 Å². The number of aromatic nitrogens is 1. The van der Waals surface area contributed by atoms with Gasteiger partial charge in [-0.15, -0.1) is 0 Å². The van der Waals surface area contributed by atoms with E-state index >= 15 is 0 Å². The van der Waals surface area contributed by atoms with Crippen molar-refractivity contribution >= 4 is 27.6 Å². The van der Waals surface area contributed by atoms with Crippen molar-refractivity contribution < 1.29 is 18.3 Å². The molecule has 9 heteroatoms. The Morgan fingerprint density at radius 3 is 2.60 bits per heavy atom. The first-order valence-electron chi connectivity index (χ1n) is 9.97. The van der Waals surface area contributed by atoms with E-state index < -0.39 is 16.1 Å². The number of carboxylic acid groups (broad SMARTS) is 1. The lowest BCUT2D eigenvalue weighted by molar-refractivity contribution is 0.117. The molecule has 8 nitrogen and oxygen atoms in total. The maximum absolute atomic E-state index is 12.6. The summed E-state index contributed by atoms with van der Waals surface area (Å²) in [4.78, 5) is 17.0. The summed E-state index contributed by atoms with van der Waals surface area (Å²) in [6.45, 7) is 4.62. The Bertz CT molecular complexity index is 980. The first-order valence-corrected chi connectivity index (χ1v) is 11.4. The monoisotopic (exact) mass is 432 g/mol. The second kappa shape index (κ2) is 9.01. The van der Waals surface area contributed by atoms with Crippen LogP contribution in [0, 0.1) is 5.92 Å². The number of para-hydroxylation sites is 1. The van der Waals surface area contributed by atoms with Gasteiger partial charge in [-0.25, -0.2) is 22.9 Å². The highest BCUT2D eigenvalue weighted by atomic mass is 32.2. The number of anilines is 2. The molecule has 30 heavy (non-hydrogen) atoms. The highest BCUT2D eigenvalue weighted by Crippen LogP contribution is 2.34. The third kappa shape index (κ3) is 5.48. The van der Waals surface area contributed by atoms with E-state index in [2.05, 4.69) is 15.0 Å². The standard InChI is InChI=1S/C21H28N4O4S/c1-21(2)14-16(15-25(21)20(26)27)8-7-13-22-30(28,29)19-12-6-11-18(24-19)23-17-9-4-3-5-10-17/h3-6,9-12,16,22H,7-8,13-15H2,1-2H3,(H,23,24)(H,26,27)/t16-/m0/s1. The largest absolute Gasteiger partial charge is 0.465 e. The first-order chi connectivity index (χ1) is 14.2. The minimum Gasteiger partial charge on any atom is -0.465 e. The third-order valence-electron chi connectivity index (χ3n) is 5.32. The van der Waals surface area contributed by atoms with Gasteiger partial charge in [-0.05, 0) is 63.3 Å². The van der Waals surface area contributed by atoms with Gasteiger partial charge >= 0.3 is 6.09 Å². The number of hydrogen-bond acceptors (Lipinski definition) is 5. The normalized spacial score (nSPS) is 18.3. The number of nitrogens with one attached hydrogen (secondary N) is 2. The van der Waals surface area contributed by atoms with Crippen LogP contribution >= 0.6 is 0 Å². The predicted molar refractivity (Wildman–Crippen MR) is 115 cm³/mol. The van der Waals surface area contributed by atoms with Crippen molar-refractivity contribution in [3.63, 3.8) is 0 Å². The van der Waals surface area contributed by atoms with Gasteiger partial charge in [0.1, 0.15) is 5.82 Å². The van der Waals surface area contributed by atoms with Crippen molar-refractivity contribution in [1.82, 2.24) is 14.6 Å². The molecule has 1 amide bonds.